The minimum atomic E-state index is -0.815. The number of rotatable bonds is 5. The van der Waals surface area contributed by atoms with Crippen molar-refractivity contribution in [2.75, 3.05) is 51.3 Å². The molecule has 1 unspecified atom stereocenters. The van der Waals surface area contributed by atoms with Crippen LogP contribution in [0.5, 0.6) is 5.75 Å². The van der Waals surface area contributed by atoms with E-state index in [4.69, 9.17) is 9.15 Å². The number of hydrogen-bond acceptors (Lipinski definition) is 7. The van der Waals surface area contributed by atoms with E-state index in [2.05, 4.69) is 10.2 Å². The molecular formula is C17H23N3O6. The Labute approximate surface area is 150 Å². The van der Waals surface area contributed by atoms with Gasteiger partial charge in [-0.1, -0.05) is 0 Å². The first-order valence-corrected chi connectivity index (χ1v) is 8.66. The molecule has 142 valence electrons. The van der Waals surface area contributed by atoms with E-state index in [1.807, 2.05) is 0 Å². The minimum absolute atomic E-state index is 0.0847. The Morgan fingerprint density at radius 2 is 2.04 bits per heavy atom. The summed E-state index contributed by atoms with van der Waals surface area (Å²) in [6.07, 6.45) is 0.0902. The van der Waals surface area contributed by atoms with Crippen LogP contribution in [0.25, 0.3) is 0 Å². The summed E-state index contributed by atoms with van der Waals surface area (Å²) in [6, 6.07) is 1.26. The average Bonchev–Trinajstić information content (AvgIpc) is 2.98. The van der Waals surface area contributed by atoms with E-state index < -0.39 is 17.5 Å². The smallest absolute Gasteiger partial charge is 0.363 e. The SMILES string of the molecule is Cc1cc(O)c(NC(=O)C2CC(=O)N(CCN3CCOCC3)C2)c(=O)o1. The minimum Gasteiger partial charge on any atom is -0.505 e. The van der Waals surface area contributed by atoms with Crippen LogP contribution in [-0.4, -0.2) is 72.7 Å². The highest BCUT2D eigenvalue weighted by Crippen LogP contribution is 2.23. The summed E-state index contributed by atoms with van der Waals surface area (Å²) < 4.78 is 10.2. The first-order chi connectivity index (χ1) is 12.4. The molecule has 0 spiro atoms. The van der Waals surface area contributed by atoms with Gasteiger partial charge in [0.2, 0.25) is 11.8 Å². The molecule has 2 saturated heterocycles. The lowest BCUT2D eigenvalue weighted by Gasteiger charge is -2.28. The van der Waals surface area contributed by atoms with Crippen molar-refractivity contribution < 1.29 is 23.8 Å². The van der Waals surface area contributed by atoms with Crippen molar-refractivity contribution in [1.29, 1.82) is 0 Å². The second kappa shape index (κ2) is 7.88. The van der Waals surface area contributed by atoms with Gasteiger partial charge in [-0.25, -0.2) is 4.79 Å². The van der Waals surface area contributed by atoms with E-state index in [0.29, 0.717) is 26.3 Å². The number of nitrogens with zero attached hydrogens (tertiary/aromatic N) is 2. The normalized spacial score (nSPS) is 21.2. The summed E-state index contributed by atoms with van der Waals surface area (Å²) >= 11 is 0. The number of aryl methyl sites for hydroxylation is 1. The molecule has 2 aliphatic rings. The molecule has 2 aliphatic heterocycles. The first-order valence-electron chi connectivity index (χ1n) is 8.66. The van der Waals surface area contributed by atoms with Crippen LogP contribution in [0.15, 0.2) is 15.3 Å². The lowest BCUT2D eigenvalue weighted by molar-refractivity contribution is -0.128. The summed E-state index contributed by atoms with van der Waals surface area (Å²) in [5.74, 6) is -1.22. The van der Waals surface area contributed by atoms with Gasteiger partial charge in [-0.15, -0.1) is 0 Å². The maximum Gasteiger partial charge on any atom is 0.363 e. The van der Waals surface area contributed by atoms with Crippen LogP contribution in [0.3, 0.4) is 0 Å². The molecule has 0 aliphatic carbocycles. The third-order valence-electron chi connectivity index (χ3n) is 4.68. The maximum absolute atomic E-state index is 12.4. The van der Waals surface area contributed by atoms with Crippen LogP contribution in [0.4, 0.5) is 5.69 Å². The Balaban J connectivity index is 1.56. The highest BCUT2D eigenvalue weighted by atomic mass is 16.5. The molecule has 3 heterocycles. The largest absolute Gasteiger partial charge is 0.505 e. The molecule has 26 heavy (non-hydrogen) atoms. The third kappa shape index (κ3) is 4.23. The quantitative estimate of drug-likeness (QED) is 0.741. The van der Waals surface area contributed by atoms with Crippen molar-refractivity contribution in [2.45, 2.75) is 13.3 Å². The Kier molecular flexibility index (Phi) is 5.58. The number of carbonyl (C=O) groups excluding carboxylic acids is 2. The fourth-order valence-corrected chi connectivity index (χ4v) is 3.19. The molecule has 3 rings (SSSR count). The van der Waals surface area contributed by atoms with Crippen LogP contribution in [-0.2, 0) is 14.3 Å². The second-order valence-electron chi connectivity index (χ2n) is 6.59. The van der Waals surface area contributed by atoms with Crippen LogP contribution in [0, 0.1) is 12.8 Å². The molecule has 0 saturated carbocycles. The van der Waals surface area contributed by atoms with Gasteiger partial charge < -0.3 is 24.5 Å². The molecule has 0 radical (unpaired) electrons. The number of anilines is 1. The van der Waals surface area contributed by atoms with Crippen LogP contribution < -0.4 is 10.9 Å². The van der Waals surface area contributed by atoms with E-state index in [1.54, 1.807) is 4.90 Å². The first kappa shape index (κ1) is 18.4. The number of nitrogens with one attached hydrogen (secondary N) is 1. The monoisotopic (exact) mass is 365 g/mol. The Bertz CT molecular complexity index is 741. The van der Waals surface area contributed by atoms with Crippen molar-refractivity contribution in [3.63, 3.8) is 0 Å². The van der Waals surface area contributed by atoms with Gasteiger partial charge in [0, 0.05) is 45.2 Å². The van der Waals surface area contributed by atoms with Gasteiger partial charge in [0.15, 0.2) is 5.69 Å². The van der Waals surface area contributed by atoms with Crippen molar-refractivity contribution in [3.8, 4) is 5.75 Å². The van der Waals surface area contributed by atoms with Crippen LogP contribution in [0.1, 0.15) is 12.2 Å². The third-order valence-corrected chi connectivity index (χ3v) is 4.68. The zero-order valence-electron chi connectivity index (χ0n) is 14.7. The van der Waals surface area contributed by atoms with Gasteiger partial charge >= 0.3 is 5.63 Å². The van der Waals surface area contributed by atoms with E-state index in [9.17, 15) is 19.5 Å². The molecule has 1 atom stereocenters. The number of hydrogen-bond donors (Lipinski definition) is 2. The predicted octanol–water partition coefficient (Wildman–Crippen LogP) is -0.227. The molecule has 0 aromatic carbocycles. The topological polar surface area (TPSA) is 112 Å². The molecule has 2 fully saturated rings. The molecule has 9 nitrogen and oxygen atoms in total. The van der Waals surface area contributed by atoms with E-state index >= 15 is 0 Å². The number of morpholine rings is 1. The van der Waals surface area contributed by atoms with Crippen molar-refractivity contribution in [1.82, 2.24) is 9.80 Å². The Hall–Kier alpha value is -2.39. The van der Waals surface area contributed by atoms with Crippen molar-refractivity contribution in [2.24, 2.45) is 5.92 Å². The van der Waals surface area contributed by atoms with Gasteiger partial charge in [-0.2, -0.15) is 0 Å². The maximum atomic E-state index is 12.4. The molecule has 9 heteroatoms. The number of ether oxygens (including phenoxy) is 1. The highest BCUT2D eigenvalue weighted by Gasteiger charge is 2.35. The van der Waals surface area contributed by atoms with Gasteiger partial charge in [0.1, 0.15) is 11.5 Å². The van der Waals surface area contributed by atoms with Gasteiger partial charge in [-0.3, -0.25) is 14.5 Å². The molecule has 1 aromatic rings. The highest BCUT2D eigenvalue weighted by molar-refractivity contribution is 5.97. The second-order valence-corrected chi connectivity index (χ2v) is 6.59. The summed E-state index contributed by atoms with van der Waals surface area (Å²) in [7, 11) is 0. The predicted molar refractivity (Wildman–Crippen MR) is 92.0 cm³/mol. The van der Waals surface area contributed by atoms with Gasteiger partial charge in [0.25, 0.3) is 0 Å². The number of amides is 2. The van der Waals surface area contributed by atoms with E-state index in [1.165, 1.54) is 13.0 Å². The summed E-state index contributed by atoms with van der Waals surface area (Å²) in [6.45, 7) is 6.19. The molecular weight excluding hydrogens is 342 g/mol. The van der Waals surface area contributed by atoms with E-state index in [0.717, 1.165) is 19.6 Å². The van der Waals surface area contributed by atoms with Gasteiger partial charge in [0.05, 0.1) is 19.1 Å². The zero-order valence-corrected chi connectivity index (χ0v) is 14.7. The summed E-state index contributed by atoms with van der Waals surface area (Å²) in [5.41, 5.74) is -1.11. The number of aromatic hydroxyl groups is 1. The average molecular weight is 365 g/mol. The summed E-state index contributed by atoms with van der Waals surface area (Å²) in [5, 5.41) is 12.2. The van der Waals surface area contributed by atoms with Crippen LogP contribution in [0.2, 0.25) is 0 Å². The number of likely N-dealkylation sites (tertiary alicyclic amines) is 1. The van der Waals surface area contributed by atoms with Crippen molar-refractivity contribution >= 4 is 17.5 Å². The van der Waals surface area contributed by atoms with Crippen molar-refractivity contribution in [3.05, 3.63) is 22.2 Å². The Morgan fingerprint density at radius 3 is 2.73 bits per heavy atom. The van der Waals surface area contributed by atoms with E-state index in [-0.39, 0.29) is 29.5 Å². The van der Waals surface area contributed by atoms with Gasteiger partial charge in [-0.05, 0) is 6.92 Å². The fraction of sp³-hybridized carbons (Fsp3) is 0.588. The molecule has 2 N–H and O–H groups in total. The zero-order chi connectivity index (χ0) is 18.7. The number of carbonyl (C=O) groups is 2. The summed E-state index contributed by atoms with van der Waals surface area (Å²) in [4.78, 5) is 40.2. The molecule has 2 amide bonds. The lowest BCUT2D eigenvalue weighted by Crippen LogP contribution is -2.42. The fourth-order valence-electron chi connectivity index (χ4n) is 3.19. The van der Waals surface area contributed by atoms with Crippen LogP contribution >= 0.6 is 0 Å². The molecule has 0 bridgehead atoms. The lowest BCUT2D eigenvalue weighted by atomic mass is 10.1. The Morgan fingerprint density at radius 1 is 1.31 bits per heavy atom. The molecule has 1 aromatic heterocycles. The standard InChI is InChI=1S/C17H23N3O6/c1-11-8-13(21)15(17(24)26-11)18-16(23)12-9-14(22)20(10-12)3-2-19-4-6-25-7-5-19/h8,12,21H,2-7,9-10H2,1H3,(H,18,23).